The summed E-state index contributed by atoms with van der Waals surface area (Å²) in [4.78, 5) is 21.5. The molecule has 0 aliphatic carbocycles. The number of likely N-dealkylation sites (N-methyl/N-ethyl adjacent to an activating group) is 1. The molecule has 1 amide bonds. The van der Waals surface area contributed by atoms with Crippen LogP contribution < -0.4 is 24.4 Å². The fourth-order valence-electron chi connectivity index (χ4n) is 3.60. The number of fused-ring (bicyclic) bond motifs is 1. The first-order chi connectivity index (χ1) is 15.8. The zero-order valence-corrected chi connectivity index (χ0v) is 19.6. The lowest BCUT2D eigenvalue weighted by Gasteiger charge is -2.33. The molecular weight excluding hydrogens is 446 g/mol. The number of carbonyl (C=O) groups excluding carboxylic acids is 1. The highest BCUT2D eigenvalue weighted by Crippen LogP contribution is 2.32. The molecule has 10 nitrogen and oxygen atoms in total. The Kier molecular flexibility index (Phi) is 7.01. The van der Waals surface area contributed by atoms with Crippen LogP contribution in [-0.4, -0.2) is 76.7 Å². The molecular formula is C22H29N5O5S. The molecule has 178 valence electrons. The van der Waals surface area contributed by atoms with Crippen LogP contribution in [0.4, 0.5) is 11.5 Å². The third-order valence-electron chi connectivity index (χ3n) is 5.60. The summed E-state index contributed by atoms with van der Waals surface area (Å²) >= 11 is 0. The molecule has 11 heteroatoms. The summed E-state index contributed by atoms with van der Waals surface area (Å²) in [5.41, 5.74) is 0.500. The predicted octanol–water partition coefficient (Wildman–Crippen LogP) is 1.30. The molecule has 1 saturated heterocycles. The highest BCUT2D eigenvalue weighted by molar-refractivity contribution is 7.89. The molecule has 3 heterocycles. The number of pyridine rings is 1. The molecule has 0 unspecified atom stereocenters. The number of amides is 1. The summed E-state index contributed by atoms with van der Waals surface area (Å²) in [5.74, 6) is 1.25. The Labute approximate surface area is 193 Å². The lowest BCUT2D eigenvalue weighted by Crippen LogP contribution is -2.44. The van der Waals surface area contributed by atoms with Crippen LogP contribution >= 0.6 is 0 Å². The van der Waals surface area contributed by atoms with Crippen LogP contribution in [0.5, 0.6) is 11.5 Å². The van der Waals surface area contributed by atoms with Crippen molar-refractivity contribution in [2.75, 3.05) is 56.7 Å². The van der Waals surface area contributed by atoms with Gasteiger partial charge in [0.2, 0.25) is 15.9 Å². The van der Waals surface area contributed by atoms with E-state index in [2.05, 4.69) is 31.9 Å². The van der Waals surface area contributed by atoms with E-state index in [-0.39, 0.29) is 4.90 Å². The van der Waals surface area contributed by atoms with Crippen molar-refractivity contribution in [1.82, 2.24) is 14.6 Å². The van der Waals surface area contributed by atoms with Crippen LogP contribution in [0.1, 0.15) is 13.3 Å². The number of nitrogens with one attached hydrogen (secondary N) is 2. The Morgan fingerprint density at radius 1 is 1.06 bits per heavy atom. The summed E-state index contributed by atoms with van der Waals surface area (Å²) in [7, 11) is -1.85. The van der Waals surface area contributed by atoms with E-state index in [4.69, 9.17) is 9.47 Å². The summed E-state index contributed by atoms with van der Waals surface area (Å²) in [6.07, 6.45) is 2.30. The van der Waals surface area contributed by atoms with Crippen LogP contribution in [0.15, 0.2) is 41.4 Å². The number of anilines is 2. The third-order valence-corrected chi connectivity index (χ3v) is 7.14. The lowest BCUT2D eigenvalue weighted by atomic mass is 10.3. The van der Waals surface area contributed by atoms with Crippen molar-refractivity contribution in [2.24, 2.45) is 0 Å². The number of rotatable bonds is 6. The lowest BCUT2D eigenvalue weighted by molar-refractivity contribution is -0.117. The highest BCUT2D eigenvalue weighted by atomic mass is 32.2. The van der Waals surface area contributed by atoms with Gasteiger partial charge in [-0.1, -0.05) is 0 Å². The number of benzene rings is 1. The summed E-state index contributed by atoms with van der Waals surface area (Å²) < 4.78 is 39.1. The Balaban J connectivity index is 1.36. The van der Waals surface area contributed by atoms with Gasteiger partial charge in [-0.15, -0.1) is 0 Å². The number of ether oxygens (including phenoxy) is 2. The standard InChI is InChI=1S/C22H29N5O5S/c1-16(25-33(29,30)18-5-6-19-20(14-18)32-13-3-12-31-19)22(28)24-17-4-7-21(23-15-17)27-10-8-26(2)9-11-27/h4-7,14-16,25H,3,8-13H2,1-2H3,(H,24,28)/t16-/m0/s1. The number of carbonyl (C=O) groups is 1. The maximum Gasteiger partial charge on any atom is 0.242 e. The van der Waals surface area contributed by atoms with Crippen molar-refractivity contribution in [3.05, 3.63) is 36.5 Å². The molecule has 0 saturated carbocycles. The number of nitrogens with zero attached hydrogens (tertiary/aromatic N) is 3. The molecule has 33 heavy (non-hydrogen) atoms. The van der Waals surface area contributed by atoms with Gasteiger partial charge in [-0.2, -0.15) is 4.72 Å². The van der Waals surface area contributed by atoms with Gasteiger partial charge < -0.3 is 24.6 Å². The van der Waals surface area contributed by atoms with Gasteiger partial charge in [-0.05, 0) is 38.2 Å². The fourth-order valence-corrected chi connectivity index (χ4v) is 4.82. The van der Waals surface area contributed by atoms with E-state index in [1.807, 2.05) is 6.07 Å². The molecule has 1 aromatic carbocycles. The molecule has 2 aliphatic rings. The number of sulfonamides is 1. The number of aromatic nitrogens is 1. The quantitative estimate of drug-likeness (QED) is 0.643. The average molecular weight is 476 g/mol. The molecule has 4 rings (SSSR count). The molecule has 1 atom stereocenters. The maximum atomic E-state index is 12.8. The maximum absolute atomic E-state index is 12.8. The van der Waals surface area contributed by atoms with Gasteiger partial charge in [0.05, 0.1) is 36.0 Å². The van der Waals surface area contributed by atoms with E-state index in [0.29, 0.717) is 30.4 Å². The van der Waals surface area contributed by atoms with Gasteiger partial charge in [-0.3, -0.25) is 4.79 Å². The van der Waals surface area contributed by atoms with Crippen molar-refractivity contribution in [1.29, 1.82) is 0 Å². The minimum atomic E-state index is -3.94. The predicted molar refractivity (Wildman–Crippen MR) is 124 cm³/mol. The van der Waals surface area contributed by atoms with E-state index >= 15 is 0 Å². The van der Waals surface area contributed by atoms with E-state index < -0.39 is 22.0 Å². The molecule has 0 radical (unpaired) electrons. The van der Waals surface area contributed by atoms with Crippen LogP contribution in [0, 0.1) is 0 Å². The largest absolute Gasteiger partial charge is 0.490 e. The SMILES string of the molecule is C[C@H](NS(=O)(=O)c1ccc2c(c1)OCCCO2)C(=O)Nc1ccc(N2CCN(C)CC2)nc1. The Hall–Kier alpha value is -2.89. The molecule has 2 aromatic rings. The Bertz CT molecular complexity index is 1080. The smallest absolute Gasteiger partial charge is 0.242 e. The second-order valence-corrected chi connectivity index (χ2v) is 9.90. The summed E-state index contributed by atoms with van der Waals surface area (Å²) in [5, 5.41) is 2.71. The van der Waals surface area contributed by atoms with Crippen LogP contribution in [-0.2, 0) is 14.8 Å². The first-order valence-electron chi connectivity index (χ1n) is 10.9. The second-order valence-electron chi connectivity index (χ2n) is 8.19. The Morgan fingerprint density at radius 3 is 2.48 bits per heavy atom. The van der Waals surface area contributed by atoms with Gasteiger partial charge in [-0.25, -0.2) is 13.4 Å². The number of hydrogen-bond donors (Lipinski definition) is 2. The van der Waals surface area contributed by atoms with E-state index in [9.17, 15) is 13.2 Å². The first-order valence-corrected chi connectivity index (χ1v) is 12.4. The molecule has 2 N–H and O–H groups in total. The summed E-state index contributed by atoms with van der Waals surface area (Å²) in [6.45, 7) is 6.19. The number of hydrogen-bond acceptors (Lipinski definition) is 8. The van der Waals surface area contributed by atoms with E-state index in [1.54, 1.807) is 18.3 Å². The molecule has 0 spiro atoms. The van der Waals surface area contributed by atoms with Crippen LogP contribution in [0.3, 0.4) is 0 Å². The minimum absolute atomic E-state index is 0.00426. The van der Waals surface area contributed by atoms with E-state index in [1.165, 1.54) is 19.1 Å². The fraction of sp³-hybridized carbons (Fsp3) is 0.455. The van der Waals surface area contributed by atoms with E-state index in [0.717, 1.165) is 38.4 Å². The number of piperazine rings is 1. The minimum Gasteiger partial charge on any atom is -0.490 e. The van der Waals surface area contributed by atoms with Crippen LogP contribution in [0.25, 0.3) is 0 Å². The van der Waals surface area contributed by atoms with Crippen molar-refractivity contribution in [3.63, 3.8) is 0 Å². The van der Waals surface area contributed by atoms with Gasteiger partial charge in [0.15, 0.2) is 11.5 Å². The third kappa shape index (κ3) is 5.73. The topological polar surface area (TPSA) is 113 Å². The van der Waals surface area contributed by atoms with Gasteiger partial charge in [0, 0.05) is 38.7 Å². The Morgan fingerprint density at radius 2 is 1.79 bits per heavy atom. The van der Waals surface area contributed by atoms with Crippen molar-refractivity contribution < 1.29 is 22.7 Å². The average Bonchev–Trinajstić information content (AvgIpc) is 3.05. The zero-order chi connectivity index (χ0) is 23.4. The molecule has 1 fully saturated rings. The zero-order valence-electron chi connectivity index (χ0n) is 18.8. The van der Waals surface area contributed by atoms with Crippen molar-refractivity contribution in [3.8, 4) is 11.5 Å². The molecule has 2 aliphatic heterocycles. The second kappa shape index (κ2) is 9.94. The van der Waals surface area contributed by atoms with Gasteiger partial charge in [0.25, 0.3) is 0 Å². The van der Waals surface area contributed by atoms with Gasteiger partial charge in [0.1, 0.15) is 5.82 Å². The highest BCUT2D eigenvalue weighted by Gasteiger charge is 2.24. The first kappa shape index (κ1) is 23.3. The molecule has 0 bridgehead atoms. The normalized spacial score (nSPS) is 17.8. The molecule has 1 aromatic heterocycles. The van der Waals surface area contributed by atoms with Gasteiger partial charge >= 0.3 is 0 Å². The monoisotopic (exact) mass is 475 g/mol. The van der Waals surface area contributed by atoms with Crippen molar-refractivity contribution in [2.45, 2.75) is 24.3 Å². The summed E-state index contributed by atoms with van der Waals surface area (Å²) in [6, 6.07) is 7.03. The van der Waals surface area contributed by atoms with Crippen LogP contribution in [0.2, 0.25) is 0 Å². The van der Waals surface area contributed by atoms with Crippen molar-refractivity contribution >= 4 is 27.4 Å².